The normalized spacial score (nSPS) is 10.8. The number of anilines is 2. The fraction of sp³-hybridized carbons (Fsp3) is 0.318. The number of benzene rings is 2. The summed E-state index contributed by atoms with van der Waals surface area (Å²) in [4.78, 5) is 11.7. The van der Waals surface area contributed by atoms with E-state index in [1.54, 1.807) is 7.11 Å². The maximum atomic E-state index is 11.7. The van der Waals surface area contributed by atoms with Gasteiger partial charge < -0.3 is 19.8 Å². The topological polar surface area (TPSA) is 78.5 Å². The minimum absolute atomic E-state index is 0.404. The van der Waals surface area contributed by atoms with Gasteiger partial charge in [0.1, 0.15) is 5.75 Å². The largest absolute Gasteiger partial charge is 0.497 e. The average molecular weight is 381 g/mol. The molecule has 0 atom stereocenters. The molecule has 0 bridgehead atoms. The summed E-state index contributed by atoms with van der Waals surface area (Å²) in [6, 6.07) is 13.6. The summed E-state index contributed by atoms with van der Waals surface area (Å²) in [5, 5.41) is 3.74. The Morgan fingerprint density at radius 2 is 1.86 bits per heavy atom. The Kier molecular flexibility index (Phi) is 6.09. The Morgan fingerprint density at radius 1 is 1.11 bits per heavy atom. The maximum absolute atomic E-state index is 11.7. The van der Waals surface area contributed by atoms with E-state index in [0.29, 0.717) is 12.3 Å². The van der Waals surface area contributed by atoms with Crippen molar-refractivity contribution in [1.82, 2.24) is 4.57 Å². The highest BCUT2D eigenvalue weighted by Crippen LogP contribution is 2.38. The van der Waals surface area contributed by atoms with E-state index in [9.17, 15) is 4.79 Å². The lowest BCUT2D eigenvalue weighted by Crippen LogP contribution is -2.13. The van der Waals surface area contributed by atoms with Gasteiger partial charge in [-0.05, 0) is 37.1 Å². The summed E-state index contributed by atoms with van der Waals surface area (Å²) in [6.45, 7) is 5.35. The van der Waals surface area contributed by atoms with Crippen LogP contribution in [0.3, 0.4) is 0 Å². The molecule has 0 unspecified atom stereocenters. The molecule has 3 N–H and O–H groups in total. The van der Waals surface area contributed by atoms with Crippen LogP contribution in [0.2, 0.25) is 0 Å². The molecule has 1 amide bonds. The molecular formula is C22H27N3O3. The fourth-order valence-electron chi connectivity index (χ4n) is 3.31. The van der Waals surface area contributed by atoms with Crippen molar-refractivity contribution in [3.8, 4) is 17.0 Å². The Labute approximate surface area is 165 Å². The number of aromatic nitrogens is 1. The minimum atomic E-state index is -0.443. The van der Waals surface area contributed by atoms with Gasteiger partial charge in [0, 0.05) is 29.2 Å². The Balaban J connectivity index is 1.97. The van der Waals surface area contributed by atoms with E-state index in [1.165, 1.54) is 0 Å². The molecule has 6 nitrogen and oxygen atoms in total. The van der Waals surface area contributed by atoms with Crippen molar-refractivity contribution in [2.75, 3.05) is 24.8 Å². The van der Waals surface area contributed by atoms with Crippen LogP contribution in [0.1, 0.15) is 26.7 Å². The molecule has 0 spiro atoms. The highest BCUT2D eigenvalue weighted by Gasteiger charge is 2.17. The second-order valence-electron chi connectivity index (χ2n) is 6.64. The SMILES string of the molecule is CCCOC(=O)Nc1ccc(-c2c(N)c3ccc(OC)cc3n2CCC)cc1. The van der Waals surface area contributed by atoms with Crippen LogP contribution in [0.15, 0.2) is 42.5 Å². The molecule has 1 heterocycles. The lowest BCUT2D eigenvalue weighted by Gasteiger charge is -2.12. The van der Waals surface area contributed by atoms with Crippen LogP contribution in [-0.2, 0) is 11.3 Å². The minimum Gasteiger partial charge on any atom is -0.497 e. The molecule has 28 heavy (non-hydrogen) atoms. The molecule has 0 aliphatic rings. The molecular weight excluding hydrogens is 354 g/mol. The van der Waals surface area contributed by atoms with E-state index in [1.807, 2.05) is 49.4 Å². The van der Waals surface area contributed by atoms with Gasteiger partial charge in [-0.1, -0.05) is 26.0 Å². The number of hydrogen-bond acceptors (Lipinski definition) is 4. The van der Waals surface area contributed by atoms with Crippen LogP contribution in [0.4, 0.5) is 16.2 Å². The van der Waals surface area contributed by atoms with Crippen molar-refractivity contribution in [1.29, 1.82) is 0 Å². The van der Waals surface area contributed by atoms with Gasteiger partial charge in [0.15, 0.2) is 0 Å². The van der Waals surface area contributed by atoms with Gasteiger partial charge in [0.05, 0.1) is 30.6 Å². The van der Waals surface area contributed by atoms with Gasteiger partial charge in [-0.25, -0.2) is 4.79 Å². The zero-order chi connectivity index (χ0) is 20.1. The number of nitrogens with zero attached hydrogens (tertiary/aromatic N) is 1. The monoisotopic (exact) mass is 381 g/mol. The number of rotatable bonds is 7. The van der Waals surface area contributed by atoms with Crippen molar-refractivity contribution < 1.29 is 14.3 Å². The third kappa shape index (κ3) is 3.91. The number of methoxy groups -OCH3 is 1. The number of aryl methyl sites for hydroxylation is 1. The van der Waals surface area contributed by atoms with Gasteiger partial charge in [0.2, 0.25) is 0 Å². The van der Waals surface area contributed by atoms with Gasteiger partial charge in [0.25, 0.3) is 0 Å². The number of hydrogen-bond donors (Lipinski definition) is 2. The van der Waals surface area contributed by atoms with Crippen molar-refractivity contribution in [2.24, 2.45) is 0 Å². The van der Waals surface area contributed by atoms with Gasteiger partial charge >= 0.3 is 6.09 Å². The van der Waals surface area contributed by atoms with E-state index >= 15 is 0 Å². The number of nitrogens with two attached hydrogens (primary N) is 1. The number of nitrogens with one attached hydrogen (secondary N) is 1. The van der Waals surface area contributed by atoms with Crippen LogP contribution in [0.5, 0.6) is 5.75 Å². The van der Waals surface area contributed by atoms with Crippen LogP contribution in [0, 0.1) is 0 Å². The zero-order valence-corrected chi connectivity index (χ0v) is 16.6. The molecule has 0 aliphatic heterocycles. The average Bonchev–Trinajstić information content (AvgIpc) is 2.98. The molecule has 0 aliphatic carbocycles. The van der Waals surface area contributed by atoms with Crippen LogP contribution in [0.25, 0.3) is 22.2 Å². The molecule has 2 aromatic carbocycles. The van der Waals surface area contributed by atoms with Crippen LogP contribution < -0.4 is 15.8 Å². The molecule has 1 aromatic heterocycles. The Morgan fingerprint density at radius 3 is 2.50 bits per heavy atom. The molecule has 0 radical (unpaired) electrons. The summed E-state index contributed by atoms with van der Waals surface area (Å²) >= 11 is 0. The Bertz CT molecular complexity index is 961. The summed E-state index contributed by atoms with van der Waals surface area (Å²) in [5.74, 6) is 0.805. The number of ether oxygens (including phenoxy) is 2. The third-order valence-electron chi connectivity index (χ3n) is 4.60. The number of carbonyl (C=O) groups excluding carboxylic acids is 1. The summed E-state index contributed by atoms with van der Waals surface area (Å²) < 4.78 is 12.7. The third-order valence-corrected chi connectivity index (χ3v) is 4.60. The summed E-state index contributed by atoms with van der Waals surface area (Å²) in [6.07, 6.45) is 1.33. The van der Waals surface area contributed by atoms with Gasteiger partial charge in [-0.15, -0.1) is 0 Å². The highest BCUT2D eigenvalue weighted by molar-refractivity contribution is 6.01. The first-order chi connectivity index (χ1) is 13.6. The predicted octanol–water partition coefficient (Wildman–Crippen LogP) is 5.27. The molecule has 0 fully saturated rings. The van der Waals surface area contributed by atoms with E-state index in [0.717, 1.165) is 53.0 Å². The lowest BCUT2D eigenvalue weighted by molar-refractivity contribution is 0.161. The maximum Gasteiger partial charge on any atom is 0.411 e. The second kappa shape index (κ2) is 8.69. The Hall–Kier alpha value is -3.15. The number of carbonyl (C=O) groups is 1. The van der Waals surface area contributed by atoms with Crippen LogP contribution in [-0.4, -0.2) is 24.4 Å². The van der Waals surface area contributed by atoms with E-state index in [4.69, 9.17) is 15.2 Å². The second-order valence-corrected chi connectivity index (χ2v) is 6.64. The van der Waals surface area contributed by atoms with Crippen molar-refractivity contribution in [3.63, 3.8) is 0 Å². The lowest BCUT2D eigenvalue weighted by atomic mass is 10.1. The summed E-state index contributed by atoms with van der Waals surface area (Å²) in [5.41, 5.74) is 11.0. The quantitative estimate of drug-likeness (QED) is 0.584. The molecule has 6 heteroatoms. The standard InChI is InChI=1S/C22H27N3O3/c1-4-12-25-19-14-17(27-3)10-11-18(19)20(23)21(25)15-6-8-16(9-7-15)24-22(26)28-13-5-2/h6-11,14H,4-5,12-13,23H2,1-3H3,(H,24,26). The van der Waals surface area contributed by atoms with E-state index < -0.39 is 6.09 Å². The molecule has 0 saturated heterocycles. The first kappa shape index (κ1) is 19.6. The van der Waals surface area contributed by atoms with Crippen molar-refractivity contribution in [2.45, 2.75) is 33.2 Å². The molecule has 0 saturated carbocycles. The number of nitrogen functional groups attached to an aromatic ring is 1. The van der Waals surface area contributed by atoms with Gasteiger partial charge in [-0.3, -0.25) is 5.32 Å². The number of amides is 1. The molecule has 3 aromatic rings. The van der Waals surface area contributed by atoms with Crippen molar-refractivity contribution in [3.05, 3.63) is 42.5 Å². The summed E-state index contributed by atoms with van der Waals surface area (Å²) in [7, 11) is 1.66. The van der Waals surface area contributed by atoms with Crippen LogP contribution >= 0.6 is 0 Å². The highest BCUT2D eigenvalue weighted by atomic mass is 16.5. The van der Waals surface area contributed by atoms with Gasteiger partial charge in [-0.2, -0.15) is 0 Å². The first-order valence-electron chi connectivity index (χ1n) is 9.59. The fourth-order valence-corrected chi connectivity index (χ4v) is 3.31. The molecule has 148 valence electrons. The smallest absolute Gasteiger partial charge is 0.411 e. The predicted molar refractivity (Wildman–Crippen MR) is 114 cm³/mol. The van der Waals surface area contributed by atoms with E-state index in [-0.39, 0.29) is 0 Å². The molecule has 3 rings (SSSR count). The van der Waals surface area contributed by atoms with E-state index in [2.05, 4.69) is 16.8 Å². The first-order valence-corrected chi connectivity index (χ1v) is 9.59. The van der Waals surface area contributed by atoms with Crippen molar-refractivity contribution >= 4 is 28.4 Å². The zero-order valence-electron chi connectivity index (χ0n) is 16.6. The number of fused-ring (bicyclic) bond motifs is 1.